The van der Waals surface area contributed by atoms with Gasteiger partial charge in [0.2, 0.25) is 5.75 Å². The third-order valence-electron chi connectivity index (χ3n) is 3.36. The van der Waals surface area contributed by atoms with Crippen LogP contribution in [0.15, 0.2) is 30.3 Å². The molecule has 0 saturated carbocycles. The number of nitrogens with one attached hydrogen (secondary N) is 2. The number of hydrogen-bond donors (Lipinski definition) is 2. The monoisotopic (exact) mass is 368 g/mol. The quantitative estimate of drug-likeness (QED) is 0.762. The highest BCUT2D eigenvalue weighted by molar-refractivity contribution is 7.80. The van der Waals surface area contributed by atoms with Crippen molar-refractivity contribution in [2.75, 3.05) is 26.6 Å². The van der Waals surface area contributed by atoms with Crippen molar-refractivity contribution in [1.82, 2.24) is 5.32 Å². The molecule has 134 valence electrons. The molecule has 2 rings (SSSR count). The maximum absolute atomic E-state index is 13.6. The number of halogens is 2. The zero-order chi connectivity index (χ0) is 18.4. The van der Waals surface area contributed by atoms with E-state index in [0.717, 1.165) is 17.7 Å². The second-order valence-corrected chi connectivity index (χ2v) is 5.37. The second kappa shape index (κ2) is 8.48. The van der Waals surface area contributed by atoms with Crippen LogP contribution < -0.4 is 24.8 Å². The van der Waals surface area contributed by atoms with Crippen LogP contribution in [-0.4, -0.2) is 26.4 Å². The first-order valence-electron chi connectivity index (χ1n) is 7.27. The Morgan fingerprint density at radius 3 is 2.16 bits per heavy atom. The second-order valence-electron chi connectivity index (χ2n) is 4.97. The Morgan fingerprint density at radius 1 is 1.00 bits per heavy atom. The molecular formula is C17H18F2N2O3S. The third-order valence-corrected chi connectivity index (χ3v) is 3.60. The average Bonchev–Trinajstić information content (AvgIpc) is 2.61. The SMILES string of the molecule is COc1cc(CNC(=S)Nc2ccc(F)cc2F)cc(OC)c1OC. The van der Waals surface area contributed by atoms with Crippen molar-refractivity contribution in [1.29, 1.82) is 0 Å². The normalized spacial score (nSPS) is 10.1. The molecule has 25 heavy (non-hydrogen) atoms. The van der Waals surface area contributed by atoms with Crippen molar-refractivity contribution in [2.24, 2.45) is 0 Å². The first-order valence-corrected chi connectivity index (χ1v) is 7.68. The number of thiocarbonyl (C=S) groups is 1. The van der Waals surface area contributed by atoms with Crippen LogP contribution in [0.5, 0.6) is 17.2 Å². The van der Waals surface area contributed by atoms with E-state index in [-0.39, 0.29) is 10.8 Å². The average molecular weight is 368 g/mol. The van der Waals surface area contributed by atoms with E-state index in [1.807, 2.05) is 0 Å². The minimum absolute atomic E-state index is 0.0868. The van der Waals surface area contributed by atoms with E-state index in [0.29, 0.717) is 23.8 Å². The van der Waals surface area contributed by atoms with Crippen LogP contribution >= 0.6 is 12.2 Å². The third kappa shape index (κ3) is 4.69. The summed E-state index contributed by atoms with van der Waals surface area (Å²) in [5.41, 5.74) is 0.905. The van der Waals surface area contributed by atoms with Gasteiger partial charge in [0.1, 0.15) is 11.6 Å². The lowest BCUT2D eigenvalue weighted by Crippen LogP contribution is -2.28. The first-order chi connectivity index (χ1) is 12.0. The standard InChI is InChI=1S/C17H18F2N2O3S/c1-22-14-6-10(7-15(23-2)16(14)24-3)9-20-17(25)21-13-5-4-11(18)8-12(13)19/h4-8H,9H2,1-3H3,(H2,20,21,25). The number of ether oxygens (including phenoxy) is 3. The number of methoxy groups -OCH3 is 3. The van der Waals surface area contributed by atoms with Crippen molar-refractivity contribution < 1.29 is 23.0 Å². The Balaban J connectivity index is 2.06. The summed E-state index contributed by atoms with van der Waals surface area (Å²) in [6.45, 7) is 0.339. The van der Waals surface area contributed by atoms with Crippen LogP contribution in [0.25, 0.3) is 0 Å². The Bertz CT molecular complexity index is 747. The van der Waals surface area contributed by atoms with Gasteiger partial charge in [0.15, 0.2) is 16.6 Å². The molecule has 2 aromatic rings. The van der Waals surface area contributed by atoms with Crippen molar-refractivity contribution >= 4 is 23.0 Å². The first kappa shape index (κ1) is 18.7. The molecule has 0 saturated heterocycles. The number of rotatable bonds is 6. The van der Waals surface area contributed by atoms with Gasteiger partial charge < -0.3 is 24.8 Å². The highest BCUT2D eigenvalue weighted by Gasteiger charge is 2.13. The van der Waals surface area contributed by atoms with E-state index in [4.69, 9.17) is 26.4 Å². The Hall–Kier alpha value is -2.61. The maximum atomic E-state index is 13.6. The molecule has 0 bridgehead atoms. The van der Waals surface area contributed by atoms with Gasteiger partial charge in [-0.15, -0.1) is 0 Å². The van der Waals surface area contributed by atoms with Crippen LogP contribution in [0.4, 0.5) is 14.5 Å². The zero-order valence-corrected chi connectivity index (χ0v) is 14.8. The van der Waals surface area contributed by atoms with Crippen molar-refractivity contribution in [3.63, 3.8) is 0 Å². The van der Waals surface area contributed by atoms with E-state index < -0.39 is 11.6 Å². The lowest BCUT2D eigenvalue weighted by Gasteiger charge is -2.15. The molecule has 0 fully saturated rings. The van der Waals surface area contributed by atoms with Crippen molar-refractivity contribution in [2.45, 2.75) is 6.54 Å². The largest absolute Gasteiger partial charge is 0.493 e. The molecule has 2 N–H and O–H groups in total. The lowest BCUT2D eigenvalue weighted by molar-refractivity contribution is 0.323. The minimum atomic E-state index is -0.725. The Kier molecular flexibility index (Phi) is 6.35. The number of benzene rings is 2. The highest BCUT2D eigenvalue weighted by atomic mass is 32.1. The van der Waals surface area contributed by atoms with E-state index in [1.54, 1.807) is 12.1 Å². The highest BCUT2D eigenvalue weighted by Crippen LogP contribution is 2.38. The predicted octanol–water partition coefficient (Wildman–Crippen LogP) is 3.48. The van der Waals surface area contributed by atoms with Crippen LogP contribution in [0.3, 0.4) is 0 Å². The molecular weight excluding hydrogens is 350 g/mol. The number of hydrogen-bond acceptors (Lipinski definition) is 4. The van der Waals surface area contributed by atoms with Gasteiger partial charge in [-0.25, -0.2) is 8.78 Å². The smallest absolute Gasteiger partial charge is 0.203 e. The maximum Gasteiger partial charge on any atom is 0.203 e. The van der Waals surface area contributed by atoms with Gasteiger partial charge in [0.25, 0.3) is 0 Å². The van der Waals surface area contributed by atoms with E-state index in [1.165, 1.54) is 27.4 Å². The molecule has 0 aliphatic heterocycles. The molecule has 0 unspecified atom stereocenters. The summed E-state index contributed by atoms with van der Waals surface area (Å²) in [4.78, 5) is 0. The molecule has 0 spiro atoms. The van der Waals surface area contributed by atoms with Gasteiger partial charge >= 0.3 is 0 Å². The Labute approximate surface area is 149 Å². The topological polar surface area (TPSA) is 51.8 Å². The minimum Gasteiger partial charge on any atom is -0.493 e. The van der Waals surface area contributed by atoms with Gasteiger partial charge in [-0.05, 0) is 42.0 Å². The summed E-state index contributed by atoms with van der Waals surface area (Å²) in [6, 6.07) is 6.75. The summed E-state index contributed by atoms with van der Waals surface area (Å²) in [5, 5.41) is 5.81. The van der Waals surface area contributed by atoms with Crippen LogP contribution in [0.1, 0.15) is 5.56 Å². The molecule has 0 aromatic heterocycles. The Morgan fingerprint density at radius 2 is 1.64 bits per heavy atom. The van der Waals surface area contributed by atoms with E-state index >= 15 is 0 Å². The molecule has 0 heterocycles. The van der Waals surface area contributed by atoms with Crippen LogP contribution in [0, 0.1) is 11.6 Å². The summed E-state index contributed by atoms with van der Waals surface area (Å²) >= 11 is 5.13. The van der Waals surface area contributed by atoms with Gasteiger partial charge in [0.05, 0.1) is 27.0 Å². The van der Waals surface area contributed by atoms with E-state index in [2.05, 4.69) is 10.6 Å². The molecule has 0 radical (unpaired) electrons. The molecule has 0 amide bonds. The van der Waals surface area contributed by atoms with Crippen LogP contribution in [0.2, 0.25) is 0 Å². The molecule has 2 aromatic carbocycles. The van der Waals surface area contributed by atoms with E-state index in [9.17, 15) is 8.78 Å². The van der Waals surface area contributed by atoms with Gasteiger partial charge in [-0.3, -0.25) is 0 Å². The summed E-state index contributed by atoms with van der Waals surface area (Å²) in [5.74, 6) is 0.142. The molecule has 8 heteroatoms. The predicted molar refractivity (Wildman–Crippen MR) is 95.5 cm³/mol. The summed E-state index contributed by atoms with van der Waals surface area (Å²) in [7, 11) is 4.57. The molecule has 0 aliphatic carbocycles. The van der Waals surface area contributed by atoms with Gasteiger partial charge in [0, 0.05) is 12.6 Å². The fourth-order valence-corrected chi connectivity index (χ4v) is 2.36. The van der Waals surface area contributed by atoms with Crippen LogP contribution in [-0.2, 0) is 6.54 Å². The fourth-order valence-electron chi connectivity index (χ4n) is 2.18. The molecule has 0 atom stereocenters. The molecule has 5 nitrogen and oxygen atoms in total. The van der Waals surface area contributed by atoms with Gasteiger partial charge in [-0.1, -0.05) is 0 Å². The van der Waals surface area contributed by atoms with Gasteiger partial charge in [-0.2, -0.15) is 0 Å². The zero-order valence-electron chi connectivity index (χ0n) is 14.0. The molecule has 0 aliphatic rings. The lowest BCUT2D eigenvalue weighted by atomic mass is 10.2. The summed E-state index contributed by atoms with van der Waals surface area (Å²) < 4.78 is 42.4. The fraction of sp³-hybridized carbons (Fsp3) is 0.235. The summed E-state index contributed by atoms with van der Waals surface area (Å²) in [6.07, 6.45) is 0. The van der Waals surface area contributed by atoms with Crippen molar-refractivity contribution in [3.05, 3.63) is 47.5 Å². The van der Waals surface area contributed by atoms with Crippen molar-refractivity contribution in [3.8, 4) is 17.2 Å². The number of anilines is 1.